The van der Waals surface area contributed by atoms with E-state index in [-0.39, 0.29) is 10.9 Å². The van der Waals surface area contributed by atoms with Crippen LogP contribution in [0, 0.1) is 0 Å². The number of nitrogens with one attached hydrogen (secondary N) is 2. The summed E-state index contributed by atoms with van der Waals surface area (Å²) in [7, 11) is -3.56. The average molecular weight is 265 g/mol. The predicted molar refractivity (Wildman–Crippen MR) is 72.7 cm³/mol. The first kappa shape index (κ1) is 12.7. The molecule has 0 radical (unpaired) electrons. The molecule has 0 saturated carbocycles. The highest BCUT2D eigenvalue weighted by Crippen LogP contribution is 2.24. The Morgan fingerprint density at radius 1 is 1.50 bits per heavy atom. The van der Waals surface area contributed by atoms with Gasteiger partial charge in [0.1, 0.15) is 4.90 Å². The third kappa shape index (κ3) is 2.25. The Hall–Kier alpha value is -1.79. The molecule has 0 amide bonds. The molecule has 2 aromatic rings. The zero-order valence-electron chi connectivity index (χ0n) is 9.97. The number of anilines is 1. The minimum atomic E-state index is -3.56. The lowest BCUT2D eigenvalue weighted by Gasteiger charge is -2.09. The molecule has 0 spiro atoms. The van der Waals surface area contributed by atoms with Crippen molar-refractivity contribution in [3.8, 4) is 0 Å². The van der Waals surface area contributed by atoms with Crippen LogP contribution in [0.1, 0.15) is 6.92 Å². The van der Waals surface area contributed by atoms with E-state index in [0.717, 1.165) is 0 Å². The van der Waals surface area contributed by atoms with Gasteiger partial charge in [-0.3, -0.25) is 0 Å². The van der Waals surface area contributed by atoms with Gasteiger partial charge in [0, 0.05) is 28.8 Å². The second kappa shape index (κ2) is 4.47. The van der Waals surface area contributed by atoms with Crippen LogP contribution >= 0.6 is 0 Å². The van der Waals surface area contributed by atoms with E-state index < -0.39 is 10.0 Å². The van der Waals surface area contributed by atoms with Crippen molar-refractivity contribution in [1.29, 1.82) is 0 Å². The molecule has 0 aliphatic carbocycles. The second-order valence-corrected chi connectivity index (χ2v) is 5.79. The first-order valence-corrected chi connectivity index (χ1v) is 6.94. The minimum absolute atomic E-state index is 0.214. The lowest BCUT2D eigenvalue weighted by molar-refractivity contribution is 0.577. The van der Waals surface area contributed by atoms with Crippen LogP contribution in [0.4, 0.5) is 5.69 Å². The summed E-state index contributed by atoms with van der Waals surface area (Å²) in [5, 5.41) is 0.618. The monoisotopic (exact) mass is 265 g/mol. The molecule has 4 N–H and O–H groups in total. The Morgan fingerprint density at radius 3 is 2.89 bits per heavy atom. The van der Waals surface area contributed by atoms with Crippen molar-refractivity contribution in [2.45, 2.75) is 17.9 Å². The molecule has 0 aliphatic heterocycles. The van der Waals surface area contributed by atoms with Gasteiger partial charge in [-0.15, -0.1) is 6.58 Å². The number of hydrogen-bond donors (Lipinski definition) is 3. The standard InChI is InChI=1S/C12H15N3O2S/c1-3-8(2)15-18(16,17)12-7-14-11-6-9(13)4-5-10(11)12/h3-8,14-15H,1,13H2,2H3. The van der Waals surface area contributed by atoms with Crippen LogP contribution < -0.4 is 10.5 Å². The fraction of sp³-hybridized carbons (Fsp3) is 0.167. The van der Waals surface area contributed by atoms with E-state index in [2.05, 4.69) is 16.3 Å². The maximum Gasteiger partial charge on any atom is 0.243 e. The van der Waals surface area contributed by atoms with Crippen molar-refractivity contribution < 1.29 is 8.42 Å². The number of nitrogen functional groups attached to an aromatic ring is 1. The van der Waals surface area contributed by atoms with Gasteiger partial charge in [-0.2, -0.15) is 0 Å². The summed E-state index contributed by atoms with van der Waals surface area (Å²) >= 11 is 0. The van der Waals surface area contributed by atoms with Gasteiger partial charge in [0.25, 0.3) is 0 Å². The molecule has 0 fully saturated rings. The van der Waals surface area contributed by atoms with Crippen molar-refractivity contribution in [2.24, 2.45) is 0 Å². The number of fused-ring (bicyclic) bond motifs is 1. The Morgan fingerprint density at radius 2 is 2.22 bits per heavy atom. The third-order valence-electron chi connectivity index (χ3n) is 2.65. The molecule has 0 aliphatic rings. The summed E-state index contributed by atoms with van der Waals surface area (Å²) in [5.74, 6) is 0. The zero-order chi connectivity index (χ0) is 13.3. The highest BCUT2D eigenvalue weighted by Gasteiger charge is 2.20. The molecule has 1 aromatic heterocycles. The summed E-state index contributed by atoms with van der Waals surface area (Å²) < 4.78 is 26.8. The highest BCUT2D eigenvalue weighted by atomic mass is 32.2. The molecular weight excluding hydrogens is 250 g/mol. The largest absolute Gasteiger partial charge is 0.399 e. The maximum atomic E-state index is 12.2. The van der Waals surface area contributed by atoms with Crippen LogP contribution in [-0.2, 0) is 10.0 Å². The van der Waals surface area contributed by atoms with Crippen molar-refractivity contribution in [2.75, 3.05) is 5.73 Å². The van der Waals surface area contributed by atoms with Crippen LogP contribution in [0.15, 0.2) is 41.9 Å². The van der Waals surface area contributed by atoms with Crippen LogP contribution in [0.2, 0.25) is 0 Å². The SMILES string of the molecule is C=CC(C)NS(=O)(=O)c1c[nH]c2cc(N)ccc12. The smallest absolute Gasteiger partial charge is 0.243 e. The topological polar surface area (TPSA) is 88.0 Å². The first-order chi connectivity index (χ1) is 8.44. The Kier molecular flexibility index (Phi) is 3.14. The van der Waals surface area contributed by atoms with E-state index in [4.69, 9.17) is 5.73 Å². The first-order valence-electron chi connectivity index (χ1n) is 5.45. The number of hydrogen-bond acceptors (Lipinski definition) is 3. The number of benzene rings is 1. The van der Waals surface area contributed by atoms with E-state index in [9.17, 15) is 8.42 Å². The number of rotatable bonds is 4. The second-order valence-electron chi connectivity index (χ2n) is 4.10. The lowest BCUT2D eigenvalue weighted by atomic mass is 10.2. The van der Waals surface area contributed by atoms with Crippen LogP contribution in [0.5, 0.6) is 0 Å². The van der Waals surface area contributed by atoms with E-state index >= 15 is 0 Å². The summed E-state index contributed by atoms with van der Waals surface area (Å²) in [6, 6.07) is 4.74. The fourth-order valence-electron chi connectivity index (χ4n) is 1.70. The maximum absolute atomic E-state index is 12.2. The third-order valence-corrected chi connectivity index (χ3v) is 4.25. The molecule has 1 atom stereocenters. The minimum Gasteiger partial charge on any atom is -0.399 e. The quantitative estimate of drug-likeness (QED) is 0.579. The van der Waals surface area contributed by atoms with Crippen LogP contribution in [0.25, 0.3) is 10.9 Å². The van der Waals surface area contributed by atoms with Crippen LogP contribution in [0.3, 0.4) is 0 Å². The number of H-pyrrole nitrogens is 1. The Labute approximate surface area is 106 Å². The molecule has 0 saturated heterocycles. The number of aromatic nitrogens is 1. The van der Waals surface area contributed by atoms with Gasteiger partial charge < -0.3 is 10.7 Å². The Balaban J connectivity index is 2.51. The molecule has 5 nitrogen and oxygen atoms in total. The fourth-order valence-corrected chi connectivity index (χ4v) is 3.09. The number of sulfonamides is 1. The zero-order valence-corrected chi connectivity index (χ0v) is 10.8. The molecule has 6 heteroatoms. The molecule has 1 heterocycles. The molecule has 18 heavy (non-hydrogen) atoms. The number of aromatic amines is 1. The van der Waals surface area contributed by atoms with Gasteiger partial charge in [0.2, 0.25) is 10.0 Å². The van der Waals surface area contributed by atoms with Crippen molar-refractivity contribution in [1.82, 2.24) is 9.71 Å². The molecular formula is C12H15N3O2S. The van der Waals surface area contributed by atoms with E-state index in [1.807, 2.05) is 0 Å². The van der Waals surface area contributed by atoms with Crippen molar-refractivity contribution >= 4 is 26.6 Å². The summed E-state index contributed by atoms with van der Waals surface area (Å²) in [6.45, 7) is 5.27. The molecule has 0 bridgehead atoms. The van der Waals surface area contributed by atoms with Gasteiger partial charge >= 0.3 is 0 Å². The predicted octanol–water partition coefficient (Wildman–Crippen LogP) is 1.60. The lowest BCUT2D eigenvalue weighted by Crippen LogP contribution is -2.30. The van der Waals surface area contributed by atoms with Crippen molar-refractivity contribution in [3.05, 3.63) is 37.1 Å². The molecule has 1 unspecified atom stereocenters. The highest BCUT2D eigenvalue weighted by molar-refractivity contribution is 7.89. The summed E-state index contributed by atoms with van der Waals surface area (Å²) in [5.41, 5.74) is 6.93. The summed E-state index contributed by atoms with van der Waals surface area (Å²) in [4.78, 5) is 3.12. The van der Waals surface area contributed by atoms with Gasteiger partial charge in [0.15, 0.2) is 0 Å². The number of nitrogens with two attached hydrogens (primary N) is 1. The van der Waals surface area contributed by atoms with Gasteiger partial charge in [-0.05, 0) is 25.1 Å². The Bertz CT molecular complexity index is 688. The molecule has 2 rings (SSSR count). The molecule has 96 valence electrons. The van der Waals surface area contributed by atoms with Crippen molar-refractivity contribution in [3.63, 3.8) is 0 Å². The average Bonchev–Trinajstić information content (AvgIpc) is 2.71. The van der Waals surface area contributed by atoms with E-state index in [1.54, 1.807) is 25.1 Å². The van der Waals surface area contributed by atoms with Gasteiger partial charge in [-0.1, -0.05) is 6.08 Å². The van der Waals surface area contributed by atoms with Gasteiger partial charge in [0.05, 0.1) is 0 Å². The van der Waals surface area contributed by atoms with Gasteiger partial charge in [-0.25, -0.2) is 13.1 Å². The summed E-state index contributed by atoms with van der Waals surface area (Å²) in [6.07, 6.45) is 2.99. The van der Waals surface area contributed by atoms with Crippen LogP contribution in [-0.4, -0.2) is 19.4 Å². The van der Waals surface area contributed by atoms with E-state index in [1.165, 1.54) is 12.3 Å². The van der Waals surface area contributed by atoms with E-state index in [0.29, 0.717) is 16.6 Å². The normalized spacial score (nSPS) is 13.6. The molecule has 1 aromatic carbocycles.